The van der Waals surface area contributed by atoms with Gasteiger partial charge in [-0.25, -0.2) is 0 Å². The van der Waals surface area contributed by atoms with E-state index in [9.17, 15) is 9.90 Å². The van der Waals surface area contributed by atoms with Gasteiger partial charge in [0.25, 0.3) is 0 Å². The maximum atomic E-state index is 11.6. The molecule has 0 aliphatic heterocycles. The first-order valence-corrected chi connectivity index (χ1v) is 7.66. The monoisotopic (exact) mass is 316 g/mol. The van der Waals surface area contributed by atoms with Gasteiger partial charge in [0, 0.05) is 9.35 Å². The van der Waals surface area contributed by atoms with Gasteiger partial charge in [-0.15, -0.1) is 11.3 Å². The normalized spacial score (nSPS) is 29.2. The van der Waals surface area contributed by atoms with Crippen molar-refractivity contribution in [3.05, 3.63) is 20.8 Å². The Morgan fingerprint density at radius 1 is 1.71 bits per heavy atom. The number of carboxylic acid groups (broad SMARTS) is 1. The van der Waals surface area contributed by atoms with Crippen LogP contribution in [-0.4, -0.2) is 11.1 Å². The Hall–Kier alpha value is -0.350. The minimum Gasteiger partial charge on any atom is -0.481 e. The third-order valence-electron chi connectivity index (χ3n) is 3.74. The number of aliphatic carboxylic acids is 1. The van der Waals surface area contributed by atoms with Crippen molar-refractivity contribution in [2.45, 2.75) is 39.0 Å². The van der Waals surface area contributed by atoms with Crippen molar-refractivity contribution in [3.8, 4) is 0 Å². The van der Waals surface area contributed by atoms with Gasteiger partial charge >= 0.3 is 5.97 Å². The van der Waals surface area contributed by atoms with Crippen LogP contribution in [-0.2, 0) is 11.2 Å². The van der Waals surface area contributed by atoms with Crippen molar-refractivity contribution in [1.29, 1.82) is 0 Å². The second-order valence-corrected chi connectivity index (χ2v) is 7.01. The maximum Gasteiger partial charge on any atom is 0.310 e. The molecule has 2 unspecified atom stereocenters. The molecule has 1 heterocycles. The van der Waals surface area contributed by atoms with E-state index in [1.807, 2.05) is 11.4 Å². The first-order valence-electron chi connectivity index (χ1n) is 5.99. The van der Waals surface area contributed by atoms with E-state index in [0.29, 0.717) is 12.3 Å². The summed E-state index contributed by atoms with van der Waals surface area (Å²) >= 11 is 5.15. The van der Waals surface area contributed by atoms with E-state index in [1.54, 1.807) is 11.3 Å². The molecule has 0 radical (unpaired) electrons. The van der Waals surface area contributed by atoms with Crippen LogP contribution < -0.4 is 0 Å². The molecular weight excluding hydrogens is 300 g/mol. The molecule has 2 nitrogen and oxygen atoms in total. The molecule has 0 amide bonds. The zero-order valence-electron chi connectivity index (χ0n) is 9.91. The molecule has 1 saturated carbocycles. The Morgan fingerprint density at radius 3 is 3.00 bits per heavy atom. The third kappa shape index (κ3) is 2.74. The minimum atomic E-state index is -0.621. The molecule has 1 fully saturated rings. The number of hydrogen-bond acceptors (Lipinski definition) is 2. The Morgan fingerprint density at radius 2 is 2.47 bits per heavy atom. The summed E-state index contributed by atoms with van der Waals surface area (Å²) in [5.74, 6) is -0.0945. The summed E-state index contributed by atoms with van der Waals surface area (Å²) in [5.41, 5.74) is -0.537. The largest absolute Gasteiger partial charge is 0.481 e. The quantitative estimate of drug-likeness (QED) is 0.901. The first kappa shape index (κ1) is 13.1. The number of carboxylic acids is 1. The van der Waals surface area contributed by atoms with Crippen molar-refractivity contribution in [2.24, 2.45) is 11.3 Å². The summed E-state index contributed by atoms with van der Waals surface area (Å²) < 4.78 is 1.06. The fourth-order valence-electron chi connectivity index (χ4n) is 2.85. The van der Waals surface area contributed by atoms with Gasteiger partial charge in [0.1, 0.15) is 0 Å². The van der Waals surface area contributed by atoms with Crippen LogP contribution in [0.1, 0.15) is 37.5 Å². The number of hydrogen-bond donors (Lipinski definition) is 1. The number of rotatable bonds is 3. The number of carbonyl (C=O) groups is 1. The predicted molar refractivity (Wildman–Crippen MR) is 73.4 cm³/mol. The molecule has 2 atom stereocenters. The van der Waals surface area contributed by atoms with E-state index in [-0.39, 0.29) is 0 Å². The van der Waals surface area contributed by atoms with Gasteiger partial charge in [-0.3, -0.25) is 4.79 Å². The maximum absolute atomic E-state index is 11.6. The lowest BCUT2D eigenvalue weighted by atomic mass is 9.68. The molecule has 0 bridgehead atoms. The number of halogens is 1. The molecule has 1 aromatic heterocycles. The molecule has 4 heteroatoms. The smallest absolute Gasteiger partial charge is 0.310 e. The Kier molecular flexibility index (Phi) is 3.93. The molecule has 1 N–H and O–H groups in total. The van der Waals surface area contributed by atoms with Crippen LogP contribution in [0, 0.1) is 11.3 Å². The Bertz CT molecular complexity index is 415. The summed E-state index contributed by atoms with van der Waals surface area (Å²) in [4.78, 5) is 12.8. The first-order chi connectivity index (χ1) is 8.03. The predicted octanol–water partition coefficient (Wildman–Crippen LogP) is 4.33. The molecule has 1 aromatic rings. The van der Waals surface area contributed by atoms with Gasteiger partial charge in [-0.05, 0) is 52.6 Å². The van der Waals surface area contributed by atoms with Crippen LogP contribution in [0.5, 0.6) is 0 Å². The molecule has 0 aromatic carbocycles. The van der Waals surface area contributed by atoms with Crippen LogP contribution in [0.4, 0.5) is 0 Å². The third-order valence-corrected chi connectivity index (χ3v) is 5.66. The lowest BCUT2D eigenvalue weighted by molar-refractivity contribution is -0.152. The van der Waals surface area contributed by atoms with E-state index in [0.717, 1.165) is 23.7 Å². The van der Waals surface area contributed by atoms with Crippen molar-refractivity contribution >= 4 is 33.2 Å². The summed E-state index contributed by atoms with van der Waals surface area (Å²) in [6.45, 7) is 2.17. The van der Waals surface area contributed by atoms with Crippen LogP contribution >= 0.6 is 27.3 Å². The lowest BCUT2D eigenvalue weighted by Gasteiger charge is -2.36. The van der Waals surface area contributed by atoms with Gasteiger partial charge in [0.15, 0.2) is 0 Å². The molecule has 2 rings (SSSR count). The topological polar surface area (TPSA) is 37.3 Å². The van der Waals surface area contributed by atoms with Gasteiger partial charge in [-0.1, -0.05) is 19.8 Å². The van der Waals surface area contributed by atoms with E-state index in [2.05, 4.69) is 22.9 Å². The summed E-state index contributed by atoms with van der Waals surface area (Å²) in [7, 11) is 0. The van der Waals surface area contributed by atoms with E-state index < -0.39 is 11.4 Å². The van der Waals surface area contributed by atoms with Gasteiger partial charge < -0.3 is 5.11 Å². The Balaban J connectivity index is 2.23. The van der Waals surface area contributed by atoms with Crippen LogP contribution in [0.2, 0.25) is 0 Å². The van der Waals surface area contributed by atoms with Crippen molar-refractivity contribution in [3.63, 3.8) is 0 Å². The van der Waals surface area contributed by atoms with Crippen LogP contribution in [0.3, 0.4) is 0 Å². The van der Waals surface area contributed by atoms with Crippen LogP contribution in [0.25, 0.3) is 0 Å². The highest BCUT2D eigenvalue weighted by Crippen LogP contribution is 2.44. The second-order valence-electron chi connectivity index (χ2n) is 5.16. The fraction of sp³-hybridized carbons (Fsp3) is 0.615. The zero-order valence-corrected chi connectivity index (χ0v) is 12.3. The molecule has 0 spiro atoms. The second kappa shape index (κ2) is 5.11. The van der Waals surface area contributed by atoms with Crippen molar-refractivity contribution in [1.82, 2.24) is 0 Å². The van der Waals surface area contributed by atoms with Crippen molar-refractivity contribution in [2.75, 3.05) is 0 Å². The fourth-order valence-corrected chi connectivity index (χ4v) is 4.49. The highest BCUT2D eigenvalue weighted by molar-refractivity contribution is 9.10. The molecule has 1 aliphatic carbocycles. The molecule has 17 heavy (non-hydrogen) atoms. The highest BCUT2D eigenvalue weighted by atomic mass is 79.9. The van der Waals surface area contributed by atoms with E-state index in [1.165, 1.54) is 11.3 Å². The summed E-state index contributed by atoms with van der Waals surface area (Å²) in [6.07, 6.45) is 4.51. The molecule has 0 saturated heterocycles. The van der Waals surface area contributed by atoms with E-state index in [4.69, 9.17) is 0 Å². The molecular formula is C13H17BrO2S. The SMILES string of the molecule is CC1CCCC(Cc2sccc2Br)(C(=O)O)C1. The van der Waals surface area contributed by atoms with Crippen LogP contribution in [0.15, 0.2) is 15.9 Å². The lowest BCUT2D eigenvalue weighted by Crippen LogP contribution is -2.37. The number of thiophene rings is 1. The zero-order chi connectivity index (χ0) is 12.5. The van der Waals surface area contributed by atoms with Crippen molar-refractivity contribution < 1.29 is 9.90 Å². The molecule has 94 valence electrons. The highest BCUT2D eigenvalue weighted by Gasteiger charge is 2.42. The Labute approximate surface area is 114 Å². The van der Waals surface area contributed by atoms with E-state index >= 15 is 0 Å². The standard InChI is InChI=1S/C13H17BrO2S/c1-9-3-2-5-13(7-9,12(15)16)8-11-10(14)4-6-17-11/h4,6,9H,2-3,5,7-8H2,1H3,(H,15,16). The summed E-state index contributed by atoms with van der Waals surface area (Å²) in [5, 5.41) is 11.6. The van der Waals surface area contributed by atoms with Gasteiger partial charge in [0.2, 0.25) is 0 Å². The average molecular weight is 317 g/mol. The molecule has 1 aliphatic rings. The minimum absolute atomic E-state index is 0.526. The van der Waals surface area contributed by atoms with Gasteiger partial charge in [0.05, 0.1) is 5.41 Å². The average Bonchev–Trinajstić information content (AvgIpc) is 2.64. The summed E-state index contributed by atoms with van der Waals surface area (Å²) in [6, 6.07) is 2.00. The van der Waals surface area contributed by atoms with Gasteiger partial charge in [-0.2, -0.15) is 0 Å².